The molecule has 2 rings (SSSR count). The third-order valence-electron chi connectivity index (χ3n) is 2.69. The molecular formula is C12H14FNO3. The Labute approximate surface area is 98.4 Å². The van der Waals surface area contributed by atoms with Crippen molar-refractivity contribution in [3.63, 3.8) is 0 Å². The highest BCUT2D eigenvalue weighted by Crippen LogP contribution is 2.20. The quantitative estimate of drug-likeness (QED) is 0.776. The maximum Gasteiger partial charge on any atom is 0.253 e. The molecule has 1 aromatic carbocycles. The number of anilines is 1. The van der Waals surface area contributed by atoms with E-state index in [4.69, 9.17) is 9.84 Å². The van der Waals surface area contributed by atoms with Crippen molar-refractivity contribution in [1.29, 1.82) is 0 Å². The lowest BCUT2D eigenvalue weighted by molar-refractivity contribution is -0.129. The second-order valence-corrected chi connectivity index (χ2v) is 4.01. The predicted octanol–water partition coefficient (Wildman–Crippen LogP) is 2.04. The van der Waals surface area contributed by atoms with Gasteiger partial charge in [0.1, 0.15) is 6.10 Å². The molecule has 0 bridgehead atoms. The summed E-state index contributed by atoms with van der Waals surface area (Å²) in [5.74, 6) is -1.46. The maximum absolute atomic E-state index is 13.0. The molecule has 0 aliphatic carbocycles. The van der Waals surface area contributed by atoms with E-state index in [2.05, 4.69) is 5.32 Å². The first-order chi connectivity index (χ1) is 8.16. The van der Waals surface area contributed by atoms with Crippen molar-refractivity contribution in [2.45, 2.75) is 25.4 Å². The molecule has 1 aromatic rings. The van der Waals surface area contributed by atoms with Gasteiger partial charge in [0.2, 0.25) is 0 Å². The molecule has 0 saturated carbocycles. The fourth-order valence-electron chi connectivity index (χ4n) is 1.75. The minimum atomic E-state index is -0.757. The summed E-state index contributed by atoms with van der Waals surface area (Å²) >= 11 is 0. The second-order valence-electron chi connectivity index (χ2n) is 4.01. The van der Waals surface area contributed by atoms with Crippen molar-refractivity contribution < 1.29 is 19.0 Å². The molecular weight excluding hydrogens is 225 g/mol. The van der Waals surface area contributed by atoms with E-state index in [9.17, 15) is 9.18 Å². The summed E-state index contributed by atoms with van der Waals surface area (Å²) in [5.41, 5.74) is 0.319. The van der Waals surface area contributed by atoms with E-state index in [0.29, 0.717) is 18.7 Å². The lowest BCUT2D eigenvalue weighted by Gasteiger charge is -2.21. The summed E-state index contributed by atoms with van der Waals surface area (Å²) in [6.45, 7) is 0.585. The summed E-state index contributed by atoms with van der Waals surface area (Å²) in [7, 11) is 0. The number of phenolic OH excluding ortho intramolecular Hbond substituents is 1. The Morgan fingerprint density at radius 2 is 2.29 bits per heavy atom. The minimum Gasteiger partial charge on any atom is -0.505 e. The fraction of sp³-hybridized carbons (Fsp3) is 0.417. The van der Waals surface area contributed by atoms with Crippen LogP contribution in [0.5, 0.6) is 5.75 Å². The largest absolute Gasteiger partial charge is 0.505 e. The van der Waals surface area contributed by atoms with Crippen LogP contribution in [-0.4, -0.2) is 23.7 Å². The number of carbonyl (C=O) groups excluding carboxylic acids is 1. The highest BCUT2D eigenvalue weighted by molar-refractivity contribution is 5.94. The monoisotopic (exact) mass is 239 g/mol. The Bertz CT molecular complexity index is 416. The van der Waals surface area contributed by atoms with Gasteiger partial charge in [-0.25, -0.2) is 4.39 Å². The maximum atomic E-state index is 13.0. The lowest BCUT2D eigenvalue weighted by atomic mass is 10.1. The summed E-state index contributed by atoms with van der Waals surface area (Å²) in [6, 6.07) is 3.72. The number of ether oxygens (including phenoxy) is 1. The van der Waals surface area contributed by atoms with Crippen LogP contribution in [0, 0.1) is 5.82 Å². The molecule has 5 heteroatoms. The van der Waals surface area contributed by atoms with Crippen LogP contribution < -0.4 is 5.32 Å². The van der Waals surface area contributed by atoms with Gasteiger partial charge < -0.3 is 15.2 Å². The summed E-state index contributed by atoms with van der Waals surface area (Å²) in [4.78, 5) is 11.7. The van der Waals surface area contributed by atoms with E-state index in [-0.39, 0.29) is 5.91 Å². The number of benzene rings is 1. The van der Waals surface area contributed by atoms with Crippen LogP contribution >= 0.6 is 0 Å². The van der Waals surface area contributed by atoms with Gasteiger partial charge in [0.25, 0.3) is 5.91 Å². The molecule has 0 aromatic heterocycles. The number of carbonyl (C=O) groups is 1. The number of rotatable bonds is 2. The van der Waals surface area contributed by atoms with E-state index in [1.807, 2.05) is 0 Å². The second kappa shape index (κ2) is 5.14. The third-order valence-corrected chi connectivity index (χ3v) is 2.69. The zero-order chi connectivity index (χ0) is 12.3. The molecule has 1 aliphatic heterocycles. The Morgan fingerprint density at radius 1 is 1.47 bits per heavy atom. The highest BCUT2D eigenvalue weighted by atomic mass is 19.1. The van der Waals surface area contributed by atoms with Gasteiger partial charge in [0.15, 0.2) is 11.6 Å². The molecule has 0 spiro atoms. The molecule has 1 saturated heterocycles. The number of nitrogens with one attached hydrogen (secondary N) is 1. The van der Waals surface area contributed by atoms with E-state index >= 15 is 0 Å². The first-order valence-corrected chi connectivity index (χ1v) is 5.58. The van der Waals surface area contributed by atoms with Crippen LogP contribution in [0.15, 0.2) is 18.2 Å². The van der Waals surface area contributed by atoms with Crippen molar-refractivity contribution in [2.24, 2.45) is 0 Å². The number of amides is 1. The van der Waals surface area contributed by atoms with Gasteiger partial charge in [-0.3, -0.25) is 4.79 Å². The molecule has 1 unspecified atom stereocenters. The van der Waals surface area contributed by atoms with E-state index in [1.54, 1.807) is 0 Å². The smallest absolute Gasteiger partial charge is 0.253 e. The van der Waals surface area contributed by atoms with Gasteiger partial charge in [-0.1, -0.05) is 0 Å². The number of phenols is 1. The predicted molar refractivity (Wildman–Crippen MR) is 60.3 cm³/mol. The molecule has 0 radical (unpaired) electrons. The Morgan fingerprint density at radius 3 is 2.94 bits per heavy atom. The van der Waals surface area contributed by atoms with Crippen molar-refractivity contribution in [3.8, 4) is 5.75 Å². The molecule has 1 heterocycles. The van der Waals surface area contributed by atoms with E-state index < -0.39 is 17.7 Å². The average Bonchev–Trinajstić information content (AvgIpc) is 2.35. The van der Waals surface area contributed by atoms with Crippen LogP contribution in [0.1, 0.15) is 19.3 Å². The molecule has 2 N–H and O–H groups in total. The Hall–Kier alpha value is -1.62. The van der Waals surface area contributed by atoms with Crippen molar-refractivity contribution >= 4 is 11.6 Å². The lowest BCUT2D eigenvalue weighted by Crippen LogP contribution is -2.33. The number of halogens is 1. The topological polar surface area (TPSA) is 58.6 Å². The summed E-state index contributed by atoms with van der Waals surface area (Å²) in [6.07, 6.45) is 2.16. The Kier molecular flexibility index (Phi) is 3.58. The van der Waals surface area contributed by atoms with Gasteiger partial charge in [-0.15, -0.1) is 0 Å². The minimum absolute atomic E-state index is 0.269. The standard InChI is InChI=1S/C12H14FNO3/c13-9-7-8(4-5-10(9)15)14-12(16)11-3-1-2-6-17-11/h4-5,7,11,15H,1-3,6H2,(H,14,16). The van der Waals surface area contributed by atoms with Gasteiger partial charge >= 0.3 is 0 Å². The summed E-state index contributed by atoms with van der Waals surface area (Å²) in [5, 5.41) is 11.6. The van der Waals surface area contributed by atoms with Gasteiger partial charge in [-0.05, 0) is 31.4 Å². The molecule has 1 atom stereocenters. The first kappa shape index (κ1) is 11.9. The molecule has 1 amide bonds. The SMILES string of the molecule is O=C(Nc1ccc(O)c(F)c1)C1CCCCO1. The molecule has 1 fully saturated rings. The number of hydrogen-bond acceptors (Lipinski definition) is 3. The van der Waals surface area contributed by atoms with Gasteiger partial charge in [0.05, 0.1) is 0 Å². The molecule has 17 heavy (non-hydrogen) atoms. The van der Waals surface area contributed by atoms with Crippen LogP contribution in [0.2, 0.25) is 0 Å². The number of hydrogen-bond donors (Lipinski definition) is 2. The summed E-state index contributed by atoms with van der Waals surface area (Å²) < 4.78 is 18.4. The fourth-order valence-corrected chi connectivity index (χ4v) is 1.75. The van der Waals surface area contributed by atoms with Crippen molar-refractivity contribution in [1.82, 2.24) is 0 Å². The van der Waals surface area contributed by atoms with Crippen LogP contribution in [0.3, 0.4) is 0 Å². The normalized spacial score (nSPS) is 19.9. The third kappa shape index (κ3) is 2.94. The molecule has 92 valence electrons. The molecule has 1 aliphatic rings. The zero-order valence-corrected chi connectivity index (χ0v) is 9.28. The Balaban J connectivity index is 1.99. The molecule has 4 nitrogen and oxygen atoms in total. The van der Waals surface area contributed by atoms with E-state index in [0.717, 1.165) is 18.9 Å². The average molecular weight is 239 g/mol. The highest BCUT2D eigenvalue weighted by Gasteiger charge is 2.22. The van der Waals surface area contributed by atoms with Crippen LogP contribution in [0.4, 0.5) is 10.1 Å². The van der Waals surface area contributed by atoms with Gasteiger partial charge in [-0.2, -0.15) is 0 Å². The van der Waals surface area contributed by atoms with Crippen molar-refractivity contribution in [3.05, 3.63) is 24.0 Å². The number of aromatic hydroxyl groups is 1. The van der Waals surface area contributed by atoms with Crippen LogP contribution in [0.25, 0.3) is 0 Å². The van der Waals surface area contributed by atoms with Crippen LogP contribution in [-0.2, 0) is 9.53 Å². The first-order valence-electron chi connectivity index (χ1n) is 5.58. The van der Waals surface area contributed by atoms with E-state index in [1.165, 1.54) is 12.1 Å². The van der Waals surface area contributed by atoms with Gasteiger partial charge in [0, 0.05) is 18.4 Å². The zero-order valence-electron chi connectivity index (χ0n) is 9.28. The van der Waals surface area contributed by atoms with Crippen molar-refractivity contribution in [2.75, 3.05) is 11.9 Å².